The van der Waals surface area contributed by atoms with Gasteiger partial charge in [0.15, 0.2) is 0 Å². The van der Waals surface area contributed by atoms with E-state index in [1.165, 1.54) is 6.07 Å². The van der Waals surface area contributed by atoms with Crippen LogP contribution in [-0.4, -0.2) is 32.6 Å². The molecular formula is C13H17NO5S. The molecule has 6 nitrogen and oxygen atoms in total. The van der Waals surface area contributed by atoms with Gasteiger partial charge >= 0.3 is 5.97 Å². The molecule has 1 aliphatic rings. The lowest BCUT2D eigenvalue weighted by molar-refractivity contribution is -0.141. The first-order chi connectivity index (χ1) is 9.44. The van der Waals surface area contributed by atoms with Crippen molar-refractivity contribution in [1.82, 2.24) is 4.72 Å². The van der Waals surface area contributed by atoms with Gasteiger partial charge in [0.25, 0.3) is 0 Å². The second-order valence-corrected chi connectivity index (χ2v) is 6.43. The molecule has 2 N–H and O–H groups in total. The van der Waals surface area contributed by atoms with Crippen molar-refractivity contribution in [3.63, 3.8) is 0 Å². The minimum atomic E-state index is -3.69. The number of sulfonamides is 1. The van der Waals surface area contributed by atoms with Crippen molar-refractivity contribution in [3.05, 3.63) is 23.8 Å². The summed E-state index contributed by atoms with van der Waals surface area (Å²) < 4.78 is 31.9. The van der Waals surface area contributed by atoms with E-state index in [4.69, 9.17) is 9.84 Å². The number of hydrogen-bond donors (Lipinski definition) is 2. The number of fused-ring (bicyclic) bond motifs is 1. The molecule has 0 saturated carbocycles. The fourth-order valence-electron chi connectivity index (χ4n) is 2.03. The van der Waals surface area contributed by atoms with Crippen LogP contribution < -0.4 is 9.46 Å². The predicted molar refractivity (Wildman–Crippen MR) is 72.2 cm³/mol. The summed E-state index contributed by atoms with van der Waals surface area (Å²) in [5, 5.41) is 8.92. The maximum absolute atomic E-state index is 12.1. The zero-order valence-corrected chi connectivity index (χ0v) is 11.9. The third kappa shape index (κ3) is 3.10. The summed E-state index contributed by atoms with van der Waals surface area (Å²) in [5.74, 6) is -1.01. The quantitative estimate of drug-likeness (QED) is 0.818. The molecule has 1 aliphatic heterocycles. The Bertz CT molecular complexity index is 611. The van der Waals surface area contributed by atoms with Crippen LogP contribution in [0.15, 0.2) is 23.1 Å². The standard InChI is InChI=1S/C13H17NO5S/c1-2-9(13(15)16)8-14-20(17,18)11-3-4-12-10(7-11)5-6-19-12/h3-4,7,9,14H,2,5-6,8H2,1H3,(H,15,16). The summed E-state index contributed by atoms with van der Waals surface area (Å²) >= 11 is 0. The molecular weight excluding hydrogens is 282 g/mol. The van der Waals surface area contributed by atoms with Gasteiger partial charge in [-0.15, -0.1) is 0 Å². The molecule has 1 unspecified atom stereocenters. The van der Waals surface area contributed by atoms with Crippen LogP contribution in [0, 0.1) is 5.92 Å². The molecule has 0 amide bonds. The molecule has 110 valence electrons. The average Bonchev–Trinajstić information content (AvgIpc) is 2.86. The molecule has 0 saturated heterocycles. The Balaban J connectivity index is 2.12. The Labute approximate surface area is 117 Å². The van der Waals surface area contributed by atoms with Gasteiger partial charge in [0.05, 0.1) is 17.4 Å². The number of benzene rings is 1. The minimum absolute atomic E-state index is 0.109. The largest absolute Gasteiger partial charge is 0.493 e. The van der Waals surface area contributed by atoms with Crippen LogP contribution in [0.4, 0.5) is 0 Å². The van der Waals surface area contributed by atoms with Gasteiger partial charge in [0, 0.05) is 13.0 Å². The van der Waals surface area contributed by atoms with Crippen LogP contribution in [0.3, 0.4) is 0 Å². The van der Waals surface area contributed by atoms with Crippen molar-refractivity contribution in [1.29, 1.82) is 0 Å². The predicted octanol–water partition coefficient (Wildman–Crippen LogP) is 1.01. The number of carboxylic acid groups (broad SMARTS) is 1. The van der Waals surface area contributed by atoms with E-state index in [9.17, 15) is 13.2 Å². The van der Waals surface area contributed by atoms with Gasteiger partial charge in [-0.3, -0.25) is 4.79 Å². The molecule has 0 spiro atoms. The third-order valence-corrected chi connectivity index (χ3v) is 4.75. The second-order valence-electron chi connectivity index (χ2n) is 4.66. The monoisotopic (exact) mass is 299 g/mol. The van der Waals surface area contributed by atoms with Crippen LogP contribution >= 0.6 is 0 Å². The smallest absolute Gasteiger partial charge is 0.307 e. The second kappa shape index (κ2) is 5.80. The van der Waals surface area contributed by atoms with Crippen LogP contribution in [-0.2, 0) is 21.2 Å². The summed E-state index contributed by atoms with van der Waals surface area (Å²) in [6.07, 6.45) is 1.06. The minimum Gasteiger partial charge on any atom is -0.493 e. The Morgan fingerprint density at radius 2 is 2.25 bits per heavy atom. The van der Waals surface area contributed by atoms with E-state index in [1.54, 1.807) is 19.1 Å². The van der Waals surface area contributed by atoms with Crippen molar-refractivity contribution in [2.75, 3.05) is 13.2 Å². The van der Waals surface area contributed by atoms with Gasteiger partial charge in [0.1, 0.15) is 5.75 Å². The number of ether oxygens (including phenoxy) is 1. The number of carboxylic acids is 1. The van der Waals surface area contributed by atoms with Crippen LogP contribution in [0.2, 0.25) is 0 Å². The van der Waals surface area contributed by atoms with Gasteiger partial charge in [-0.25, -0.2) is 13.1 Å². The molecule has 1 atom stereocenters. The molecule has 0 aromatic heterocycles. The zero-order chi connectivity index (χ0) is 14.8. The first-order valence-electron chi connectivity index (χ1n) is 6.42. The van der Waals surface area contributed by atoms with E-state index in [0.29, 0.717) is 25.2 Å². The number of aliphatic carboxylic acids is 1. The molecule has 1 aromatic rings. The van der Waals surface area contributed by atoms with Crippen LogP contribution in [0.25, 0.3) is 0 Å². The maximum atomic E-state index is 12.1. The highest BCUT2D eigenvalue weighted by Gasteiger charge is 2.22. The fraction of sp³-hybridized carbons (Fsp3) is 0.462. The molecule has 0 bridgehead atoms. The molecule has 2 rings (SSSR count). The third-order valence-electron chi connectivity index (χ3n) is 3.33. The highest BCUT2D eigenvalue weighted by Crippen LogP contribution is 2.27. The van der Waals surface area contributed by atoms with Crippen molar-refractivity contribution in [2.24, 2.45) is 5.92 Å². The lowest BCUT2D eigenvalue weighted by atomic mass is 10.1. The summed E-state index contributed by atoms with van der Waals surface area (Å²) in [5.41, 5.74) is 0.859. The lowest BCUT2D eigenvalue weighted by Crippen LogP contribution is -2.32. The number of hydrogen-bond acceptors (Lipinski definition) is 4. The Morgan fingerprint density at radius 1 is 1.50 bits per heavy atom. The Kier molecular flexibility index (Phi) is 4.29. The first kappa shape index (κ1) is 14.8. The molecule has 1 aromatic carbocycles. The van der Waals surface area contributed by atoms with Gasteiger partial charge in [0.2, 0.25) is 10.0 Å². The van der Waals surface area contributed by atoms with Crippen molar-refractivity contribution in [3.8, 4) is 5.75 Å². The topological polar surface area (TPSA) is 92.7 Å². The summed E-state index contributed by atoms with van der Waals surface area (Å²) in [6, 6.07) is 4.67. The van der Waals surface area contributed by atoms with Crippen molar-refractivity contribution in [2.45, 2.75) is 24.7 Å². The van der Waals surface area contributed by atoms with E-state index in [-0.39, 0.29) is 11.4 Å². The summed E-state index contributed by atoms with van der Waals surface area (Å²) in [7, 11) is -3.69. The normalized spacial score (nSPS) is 15.4. The molecule has 7 heteroatoms. The number of carbonyl (C=O) groups is 1. The number of rotatable bonds is 6. The molecule has 0 radical (unpaired) electrons. The fourth-order valence-corrected chi connectivity index (χ4v) is 3.16. The summed E-state index contributed by atoms with van der Waals surface area (Å²) in [4.78, 5) is 11.0. The van der Waals surface area contributed by atoms with Crippen LogP contribution in [0.5, 0.6) is 5.75 Å². The van der Waals surface area contributed by atoms with Gasteiger partial charge < -0.3 is 9.84 Å². The van der Waals surface area contributed by atoms with Crippen molar-refractivity contribution < 1.29 is 23.1 Å². The van der Waals surface area contributed by atoms with E-state index in [1.807, 2.05) is 0 Å². The Morgan fingerprint density at radius 3 is 2.90 bits per heavy atom. The van der Waals surface area contributed by atoms with Crippen molar-refractivity contribution >= 4 is 16.0 Å². The average molecular weight is 299 g/mol. The molecule has 20 heavy (non-hydrogen) atoms. The SMILES string of the molecule is CCC(CNS(=O)(=O)c1ccc2c(c1)CCO2)C(=O)O. The zero-order valence-electron chi connectivity index (χ0n) is 11.1. The molecule has 1 heterocycles. The van der Waals surface area contributed by atoms with Gasteiger partial charge in [-0.05, 0) is 30.2 Å². The highest BCUT2D eigenvalue weighted by molar-refractivity contribution is 7.89. The van der Waals surface area contributed by atoms with E-state index >= 15 is 0 Å². The van der Waals surface area contributed by atoms with E-state index < -0.39 is 21.9 Å². The van der Waals surface area contributed by atoms with E-state index in [2.05, 4.69) is 4.72 Å². The lowest BCUT2D eigenvalue weighted by Gasteiger charge is -2.12. The van der Waals surface area contributed by atoms with Crippen LogP contribution in [0.1, 0.15) is 18.9 Å². The van der Waals surface area contributed by atoms with E-state index in [0.717, 1.165) is 5.56 Å². The molecule has 0 fully saturated rings. The highest BCUT2D eigenvalue weighted by atomic mass is 32.2. The maximum Gasteiger partial charge on any atom is 0.307 e. The Hall–Kier alpha value is -1.60. The molecule has 0 aliphatic carbocycles. The number of nitrogens with one attached hydrogen (secondary N) is 1. The van der Waals surface area contributed by atoms with Gasteiger partial charge in [-0.1, -0.05) is 6.92 Å². The first-order valence-corrected chi connectivity index (χ1v) is 7.90. The van der Waals surface area contributed by atoms with Gasteiger partial charge in [-0.2, -0.15) is 0 Å². The summed E-state index contributed by atoms with van der Waals surface area (Å²) in [6.45, 7) is 2.16.